The van der Waals surface area contributed by atoms with Crippen molar-refractivity contribution in [2.75, 3.05) is 13.6 Å². The Hall–Kier alpha value is -0.870. The van der Waals surface area contributed by atoms with Crippen molar-refractivity contribution in [3.8, 4) is 0 Å². The quantitative estimate of drug-likeness (QED) is 0.702. The number of likely N-dealkylation sites (N-methyl/N-ethyl adjacent to an activating group) is 1. The molecule has 0 spiro atoms. The average molecular weight is 195 g/mol. The predicted octanol–water partition coefficient (Wildman–Crippen LogP) is 0.332. The number of rotatable bonds is 1. The highest BCUT2D eigenvalue weighted by Gasteiger charge is 2.42. The van der Waals surface area contributed by atoms with E-state index >= 15 is 0 Å². The van der Waals surface area contributed by atoms with Gasteiger partial charge in [-0.05, 0) is 20.4 Å². The van der Waals surface area contributed by atoms with Crippen molar-refractivity contribution in [3.05, 3.63) is 18.2 Å². The van der Waals surface area contributed by atoms with Crippen molar-refractivity contribution < 1.29 is 5.11 Å². The van der Waals surface area contributed by atoms with Gasteiger partial charge in [0.1, 0.15) is 11.4 Å². The van der Waals surface area contributed by atoms with Crippen LogP contribution in [0.15, 0.2) is 12.4 Å². The Bertz CT molecular complexity index is 324. The van der Waals surface area contributed by atoms with Gasteiger partial charge in [-0.15, -0.1) is 0 Å². The summed E-state index contributed by atoms with van der Waals surface area (Å²) >= 11 is 0. The number of β-amino-alcohol motifs (C(OH)–C–C–N with tert-alkyl or cyclic N) is 1. The summed E-state index contributed by atoms with van der Waals surface area (Å²) in [5.41, 5.74) is -0.771. The lowest BCUT2D eigenvalue weighted by Crippen LogP contribution is -2.32. The van der Waals surface area contributed by atoms with E-state index in [1.54, 1.807) is 6.20 Å². The standard InChI is InChI=1S/C10H17N3O/c1-8-6-10(14,7-13(8)3)9-11-4-5-12(9)2/h4-5,8,14H,6-7H2,1-3H3. The molecule has 2 atom stereocenters. The molecule has 2 rings (SSSR count). The zero-order valence-electron chi connectivity index (χ0n) is 8.94. The second-order valence-corrected chi connectivity index (χ2v) is 4.36. The normalized spacial score (nSPS) is 33.9. The maximum Gasteiger partial charge on any atom is 0.141 e. The molecule has 78 valence electrons. The molecular weight excluding hydrogens is 178 g/mol. The topological polar surface area (TPSA) is 41.3 Å². The number of imidazole rings is 1. The maximum absolute atomic E-state index is 10.4. The molecule has 1 aromatic heterocycles. The molecule has 14 heavy (non-hydrogen) atoms. The molecule has 2 heterocycles. The lowest BCUT2D eigenvalue weighted by atomic mass is 10.00. The number of nitrogens with zero attached hydrogens (tertiary/aromatic N) is 3. The fourth-order valence-electron chi connectivity index (χ4n) is 2.25. The number of likely N-dealkylation sites (tertiary alicyclic amines) is 1. The Morgan fingerprint density at radius 2 is 2.29 bits per heavy atom. The number of aliphatic hydroxyl groups is 1. The molecule has 2 unspecified atom stereocenters. The van der Waals surface area contributed by atoms with E-state index in [1.165, 1.54) is 0 Å². The van der Waals surface area contributed by atoms with Gasteiger partial charge in [0.2, 0.25) is 0 Å². The van der Waals surface area contributed by atoms with Gasteiger partial charge in [-0.3, -0.25) is 0 Å². The fraction of sp³-hybridized carbons (Fsp3) is 0.700. The lowest BCUT2D eigenvalue weighted by Gasteiger charge is -2.21. The Kier molecular flexibility index (Phi) is 2.12. The molecule has 0 radical (unpaired) electrons. The van der Waals surface area contributed by atoms with Crippen LogP contribution in [0, 0.1) is 0 Å². The first-order valence-corrected chi connectivity index (χ1v) is 4.93. The molecule has 1 aliphatic heterocycles. The molecule has 1 saturated heterocycles. The van der Waals surface area contributed by atoms with E-state index in [4.69, 9.17) is 0 Å². The van der Waals surface area contributed by atoms with Crippen LogP contribution >= 0.6 is 0 Å². The highest BCUT2D eigenvalue weighted by molar-refractivity contribution is 5.10. The number of aryl methyl sites for hydroxylation is 1. The van der Waals surface area contributed by atoms with E-state index in [0.29, 0.717) is 12.6 Å². The summed E-state index contributed by atoms with van der Waals surface area (Å²) in [5.74, 6) is 0.772. The predicted molar refractivity (Wildman–Crippen MR) is 53.8 cm³/mol. The smallest absolute Gasteiger partial charge is 0.141 e. The summed E-state index contributed by atoms with van der Waals surface area (Å²) < 4.78 is 1.89. The van der Waals surface area contributed by atoms with Gasteiger partial charge in [-0.2, -0.15) is 0 Å². The number of hydrogen-bond donors (Lipinski definition) is 1. The summed E-state index contributed by atoms with van der Waals surface area (Å²) in [4.78, 5) is 6.39. The van der Waals surface area contributed by atoms with Gasteiger partial charge < -0.3 is 14.6 Å². The summed E-state index contributed by atoms with van der Waals surface area (Å²) in [6.45, 7) is 2.79. The third kappa shape index (κ3) is 1.35. The van der Waals surface area contributed by atoms with Gasteiger partial charge in [-0.1, -0.05) is 0 Å². The van der Waals surface area contributed by atoms with E-state index in [0.717, 1.165) is 12.2 Å². The SMILES string of the molecule is CC1CC(O)(c2nccn2C)CN1C. The Morgan fingerprint density at radius 3 is 2.71 bits per heavy atom. The first-order valence-electron chi connectivity index (χ1n) is 4.93. The van der Waals surface area contributed by atoms with Crippen LogP contribution in [0.1, 0.15) is 19.2 Å². The average Bonchev–Trinajstić information content (AvgIpc) is 2.59. The molecule has 0 amide bonds. The van der Waals surface area contributed by atoms with Crippen LogP contribution in [0.25, 0.3) is 0 Å². The van der Waals surface area contributed by atoms with E-state index in [1.807, 2.05) is 24.9 Å². The highest BCUT2D eigenvalue weighted by atomic mass is 16.3. The largest absolute Gasteiger partial charge is 0.381 e. The van der Waals surface area contributed by atoms with Gasteiger partial charge in [0.25, 0.3) is 0 Å². The van der Waals surface area contributed by atoms with E-state index in [-0.39, 0.29) is 0 Å². The monoisotopic (exact) mass is 195 g/mol. The molecule has 0 aliphatic carbocycles. The van der Waals surface area contributed by atoms with Crippen molar-refractivity contribution in [1.29, 1.82) is 0 Å². The molecule has 1 aliphatic rings. The molecule has 4 nitrogen and oxygen atoms in total. The summed E-state index contributed by atoms with van der Waals surface area (Å²) in [7, 11) is 3.95. The van der Waals surface area contributed by atoms with Crippen LogP contribution in [0.3, 0.4) is 0 Å². The van der Waals surface area contributed by atoms with Crippen molar-refractivity contribution in [1.82, 2.24) is 14.5 Å². The van der Waals surface area contributed by atoms with Crippen LogP contribution in [-0.2, 0) is 12.6 Å². The summed E-state index contributed by atoms with van der Waals surface area (Å²) in [6.07, 6.45) is 4.36. The van der Waals surface area contributed by atoms with Crippen molar-refractivity contribution in [2.45, 2.75) is 25.0 Å². The van der Waals surface area contributed by atoms with E-state index < -0.39 is 5.60 Å². The Labute approximate surface area is 84.2 Å². The number of hydrogen-bond acceptors (Lipinski definition) is 3. The van der Waals surface area contributed by atoms with E-state index in [9.17, 15) is 5.11 Å². The van der Waals surface area contributed by atoms with Crippen LogP contribution in [-0.4, -0.2) is 39.2 Å². The fourth-order valence-corrected chi connectivity index (χ4v) is 2.25. The van der Waals surface area contributed by atoms with Gasteiger partial charge in [-0.25, -0.2) is 4.98 Å². The lowest BCUT2D eigenvalue weighted by molar-refractivity contribution is 0.0367. The van der Waals surface area contributed by atoms with Crippen molar-refractivity contribution in [2.24, 2.45) is 7.05 Å². The minimum Gasteiger partial charge on any atom is -0.381 e. The van der Waals surface area contributed by atoms with E-state index in [2.05, 4.69) is 16.8 Å². The molecule has 1 N–H and O–H groups in total. The van der Waals surface area contributed by atoms with Gasteiger partial charge in [0, 0.05) is 32.0 Å². The van der Waals surface area contributed by atoms with Gasteiger partial charge in [0.05, 0.1) is 0 Å². The second kappa shape index (κ2) is 3.07. The minimum absolute atomic E-state index is 0.414. The molecule has 0 aromatic carbocycles. The first kappa shape index (κ1) is 9.68. The van der Waals surface area contributed by atoms with Crippen molar-refractivity contribution >= 4 is 0 Å². The van der Waals surface area contributed by atoms with Crippen LogP contribution in [0.2, 0.25) is 0 Å². The zero-order valence-corrected chi connectivity index (χ0v) is 8.94. The number of aromatic nitrogens is 2. The van der Waals surface area contributed by atoms with Crippen molar-refractivity contribution in [3.63, 3.8) is 0 Å². The molecule has 4 heteroatoms. The zero-order chi connectivity index (χ0) is 10.3. The Balaban J connectivity index is 2.31. The molecule has 1 aromatic rings. The van der Waals surface area contributed by atoms with Gasteiger partial charge in [0.15, 0.2) is 0 Å². The van der Waals surface area contributed by atoms with Crippen LogP contribution in [0.5, 0.6) is 0 Å². The van der Waals surface area contributed by atoms with Crippen LogP contribution < -0.4 is 0 Å². The molecule has 0 bridgehead atoms. The third-order valence-corrected chi connectivity index (χ3v) is 3.13. The summed E-state index contributed by atoms with van der Waals surface area (Å²) in [5, 5.41) is 10.4. The maximum atomic E-state index is 10.4. The molecule has 1 fully saturated rings. The summed E-state index contributed by atoms with van der Waals surface area (Å²) in [6, 6.07) is 0.414. The van der Waals surface area contributed by atoms with Crippen LogP contribution in [0.4, 0.5) is 0 Å². The molecular formula is C10H17N3O. The first-order chi connectivity index (χ1) is 6.53. The minimum atomic E-state index is -0.771. The Morgan fingerprint density at radius 1 is 1.57 bits per heavy atom. The molecule has 0 saturated carbocycles. The second-order valence-electron chi connectivity index (χ2n) is 4.36. The van der Waals surface area contributed by atoms with Gasteiger partial charge >= 0.3 is 0 Å². The third-order valence-electron chi connectivity index (χ3n) is 3.13. The highest BCUT2D eigenvalue weighted by Crippen LogP contribution is 2.33.